The number of hydrogen-bond donors (Lipinski definition) is 1. The minimum Gasteiger partial charge on any atom is -0.316 e. The Balaban J connectivity index is 1.94. The minimum atomic E-state index is 0.0359. The SMILES string of the molecule is CC(=O)N1CCc2cc(Br)c(C(=O)C3CCCNC3)cc21. The van der Waals surface area contributed by atoms with Gasteiger partial charge in [-0.2, -0.15) is 0 Å². The molecule has 1 aromatic carbocycles. The number of anilines is 1. The van der Waals surface area contributed by atoms with Gasteiger partial charge in [0.1, 0.15) is 0 Å². The highest BCUT2D eigenvalue weighted by Gasteiger charge is 2.28. The number of amides is 1. The predicted molar refractivity (Wildman–Crippen MR) is 85.8 cm³/mol. The third-order valence-corrected chi connectivity index (χ3v) is 5.03. The van der Waals surface area contributed by atoms with E-state index >= 15 is 0 Å². The lowest BCUT2D eigenvalue weighted by Crippen LogP contribution is -2.34. The third kappa shape index (κ3) is 2.77. The van der Waals surface area contributed by atoms with Crippen molar-refractivity contribution in [2.24, 2.45) is 5.92 Å². The fourth-order valence-corrected chi connectivity index (χ4v) is 3.80. The van der Waals surface area contributed by atoms with E-state index in [-0.39, 0.29) is 17.6 Å². The maximum absolute atomic E-state index is 12.7. The summed E-state index contributed by atoms with van der Waals surface area (Å²) in [4.78, 5) is 26.2. The zero-order chi connectivity index (χ0) is 15.0. The van der Waals surface area contributed by atoms with Crippen molar-refractivity contribution in [3.63, 3.8) is 0 Å². The largest absolute Gasteiger partial charge is 0.316 e. The van der Waals surface area contributed by atoms with Crippen LogP contribution in [0.2, 0.25) is 0 Å². The van der Waals surface area contributed by atoms with Crippen molar-refractivity contribution in [1.82, 2.24) is 5.32 Å². The second-order valence-electron chi connectivity index (χ2n) is 5.79. The first kappa shape index (κ1) is 14.7. The number of fused-ring (bicyclic) bond motifs is 1. The van der Waals surface area contributed by atoms with Crippen LogP contribution in [0.25, 0.3) is 0 Å². The van der Waals surface area contributed by atoms with Crippen LogP contribution in [0.4, 0.5) is 5.69 Å². The van der Waals surface area contributed by atoms with Crippen molar-refractivity contribution in [3.8, 4) is 0 Å². The maximum atomic E-state index is 12.7. The molecule has 1 N–H and O–H groups in total. The van der Waals surface area contributed by atoms with Crippen molar-refractivity contribution in [2.75, 3.05) is 24.5 Å². The molecule has 0 aromatic heterocycles. The first-order valence-corrected chi connectivity index (χ1v) is 8.22. The molecule has 1 fully saturated rings. The minimum absolute atomic E-state index is 0.0359. The molecular formula is C16H19BrN2O2. The van der Waals surface area contributed by atoms with E-state index in [0.29, 0.717) is 12.1 Å². The Bertz CT molecular complexity index is 594. The molecule has 1 aromatic rings. The number of halogens is 1. The molecule has 1 saturated heterocycles. The first-order chi connectivity index (χ1) is 10.1. The highest BCUT2D eigenvalue weighted by Crippen LogP contribution is 2.35. The molecule has 2 aliphatic heterocycles. The van der Waals surface area contributed by atoms with Gasteiger partial charge in [-0.1, -0.05) is 15.9 Å². The number of benzene rings is 1. The van der Waals surface area contributed by atoms with Crippen LogP contribution in [0.5, 0.6) is 0 Å². The second-order valence-corrected chi connectivity index (χ2v) is 6.64. The molecule has 0 aliphatic carbocycles. The van der Waals surface area contributed by atoms with Crippen LogP contribution in [-0.2, 0) is 11.2 Å². The van der Waals surface area contributed by atoms with Gasteiger partial charge in [0.15, 0.2) is 5.78 Å². The van der Waals surface area contributed by atoms with Gasteiger partial charge in [0.05, 0.1) is 0 Å². The molecule has 1 amide bonds. The second kappa shape index (κ2) is 5.89. The average molecular weight is 351 g/mol. The van der Waals surface area contributed by atoms with Crippen molar-refractivity contribution in [2.45, 2.75) is 26.2 Å². The van der Waals surface area contributed by atoms with Gasteiger partial charge in [0, 0.05) is 41.7 Å². The predicted octanol–water partition coefficient (Wildman–Crippen LogP) is 2.54. The van der Waals surface area contributed by atoms with E-state index in [1.807, 2.05) is 12.1 Å². The van der Waals surface area contributed by atoms with Crippen molar-refractivity contribution >= 4 is 33.3 Å². The number of ketones is 1. The number of carbonyl (C=O) groups is 2. The Morgan fingerprint density at radius 1 is 1.38 bits per heavy atom. The van der Waals surface area contributed by atoms with Crippen LogP contribution < -0.4 is 10.2 Å². The Hall–Kier alpha value is -1.20. The highest BCUT2D eigenvalue weighted by molar-refractivity contribution is 9.10. The Kier molecular flexibility index (Phi) is 4.13. The van der Waals surface area contributed by atoms with Gasteiger partial charge in [0.25, 0.3) is 0 Å². The number of nitrogens with one attached hydrogen (secondary N) is 1. The van der Waals surface area contributed by atoms with Gasteiger partial charge in [-0.15, -0.1) is 0 Å². The maximum Gasteiger partial charge on any atom is 0.223 e. The summed E-state index contributed by atoms with van der Waals surface area (Å²) in [5, 5.41) is 3.28. The number of piperidine rings is 1. The van der Waals surface area contributed by atoms with Crippen LogP contribution in [-0.4, -0.2) is 31.3 Å². The Labute approximate surface area is 133 Å². The summed E-state index contributed by atoms with van der Waals surface area (Å²) in [6.45, 7) is 4.02. The highest BCUT2D eigenvalue weighted by atomic mass is 79.9. The molecule has 21 heavy (non-hydrogen) atoms. The molecule has 0 spiro atoms. The van der Waals surface area contributed by atoms with E-state index in [1.165, 1.54) is 0 Å². The number of hydrogen-bond acceptors (Lipinski definition) is 3. The van der Waals surface area contributed by atoms with Crippen LogP contribution >= 0.6 is 15.9 Å². The molecular weight excluding hydrogens is 332 g/mol. The van der Waals surface area contributed by atoms with E-state index < -0.39 is 0 Å². The molecule has 0 bridgehead atoms. The fourth-order valence-electron chi connectivity index (χ4n) is 3.22. The van der Waals surface area contributed by atoms with Gasteiger partial charge in [-0.05, 0) is 43.5 Å². The third-order valence-electron chi connectivity index (χ3n) is 4.38. The van der Waals surface area contributed by atoms with Gasteiger partial charge in [-0.3, -0.25) is 9.59 Å². The lowest BCUT2D eigenvalue weighted by Gasteiger charge is -2.23. The van der Waals surface area contributed by atoms with Crippen molar-refractivity contribution in [3.05, 3.63) is 27.7 Å². The quantitative estimate of drug-likeness (QED) is 0.833. The lowest BCUT2D eigenvalue weighted by atomic mass is 9.90. The average Bonchev–Trinajstić information content (AvgIpc) is 2.89. The topological polar surface area (TPSA) is 49.4 Å². The van der Waals surface area contributed by atoms with Crippen LogP contribution in [0.3, 0.4) is 0 Å². The van der Waals surface area contributed by atoms with Gasteiger partial charge >= 0.3 is 0 Å². The zero-order valence-corrected chi connectivity index (χ0v) is 13.7. The molecule has 4 nitrogen and oxygen atoms in total. The molecule has 112 valence electrons. The van der Waals surface area contributed by atoms with Crippen molar-refractivity contribution < 1.29 is 9.59 Å². The lowest BCUT2D eigenvalue weighted by molar-refractivity contribution is -0.116. The summed E-state index contributed by atoms with van der Waals surface area (Å²) < 4.78 is 0.849. The van der Waals surface area contributed by atoms with Gasteiger partial charge in [-0.25, -0.2) is 0 Å². The Morgan fingerprint density at radius 2 is 2.19 bits per heavy atom. The Morgan fingerprint density at radius 3 is 2.86 bits per heavy atom. The summed E-state index contributed by atoms with van der Waals surface area (Å²) in [5.41, 5.74) is 2.74. The van der Waals surface area contributed by atoms with E-state index in [4.69, 9.17) is 0 Å². The molecule has 1 unspecified atom stereocenters. The van der Waals surface area contributed by atoms with E-state index in [0.717, 1.165) is 48.1 Å². The van der Waals surface area contributed by atoms with Crippen molar-refractivity contribution in [1.29, 1.82) is 0 Å². The van der Waals surface area contributed by atoms with E-state index in [1.54, 1.807) is 11.8 Å². The number of rotatable bonds is 2. The van der Waals surface area contributed by atoms with Gasteiger partial charge < -0.3 is 10.2 Å². The monoisotopic (exact) mass is 350 g/mol. The summed E-state index contributed by atoms with van der Waals surface area (Å²) in [7, 11) is 0. The standard InChI is InChI=1S/C16H19BrN2O2/c1-10(20)19-6-4-11-7-14(17)13(8-15(11)19)16(21)12-3-2-5-18-9-12/h7-8,12,18H,2-6,9H2,1H3. The summed E-state index contributed by atoms with van der Waals surface area (Å²) in [5.74, 6) is 0.251. The summed E-state index contributed by atoms with van der Waals surface area (Å²) in [6.07, 6.45) is 2.83. The van der Waals surface area contributed by atoms with Gasteiger partial charge in [0.2, 0.25) is 5.91 Å². The smallest absolute Gasteiger partial charge is 0.223 e. The van der Waals surface area contributed by atoms with Crippen LogP contribution in [0.15, 0.2) is 16.6 Å². The number of carbonyl (C=O) groups excluding carboxylic acids is 2. The molecule has 2 heterocycles. The van der Waals surface area contributed by atoms with E-state index in [9.17, 15) is 9.59 Å². The number of nitrogens with zero attached hydrogens (tertiary/aromatic N) is 1. The molecule has 3 rings (SSSR count). The summed E-state index contributed by atoms with van der Waals surface area (Å²) >= 11 is 3.53. The van der Waals surface area contributed by atoms with Crippen LogP contribution in [0.1, 0.15) is 35.7 Å². The number of Topliss-reactive ketones (excluding diaryl/α,β-unsaturated/α-hetero) is 1. The molecule has 2 aliphatic rings. The normalized spacial score (nSPS) is 21.2. The zero-order valence-electron chi connectivity index (χ0n) is 12.1. The molecule has 5 heteroatoms. The van der Waals surface area contributed by atoms with E-state index in [2.05, 4.69) is 21.2 Å². The van der Waals surface area contributed by atoms with Crippen LogP contribution in [0, 0.1) is 5.92 Å². The first-order valence-electron chi connectivity index (χ1n) is 7.43. The molecule has 0 radical (unpaired) electrons. The molecule has 1 atom stereocenters. The fraction of sp³-hybridized carbons (Fsp3) is 0.500. The molecule has 0 saturated carbocycles. The summed E-state index contributed by atoms with van der Waals surface area (Å²) in [6, 6.07) is 3.90.